The smallest absolute Gasteiger partial charge is 0.336 e. The summed E-state index contributed by atoms with van der Waals surface area (Å²) in [5.41, 5.74) is -4.82. The lowest BCUT2D eigenvalue weighted by atomic mass is 9.88. The molecule has 3 rings (SSSR count). The van der Waals surface area contributed by atoms with Crippen LogP contribution in [0.3, 0.4) is 0 Å². The van der Waals surface area contributed by atoms with Crippen molar-refractivity contribution in [1.29, 1.82) is 0 Å². The number of aliphatic hydroxyl groups is 1. The van der Waals surface area contributed by atoms with E-state index in [0.29, 0.717) is 4.57 Å². The average molecular weight is 460 g/mol. The molecule has 0 saturated carbocycles. The molecular weight excluding hydrogens is 431 g/mol. The Bertz CT molecular complexity index is 957. The summed E-state index contributed by atoms with van der Waals surface area (Å²) in [6.45, 7) is 3.25. The summed E-state index contributed by atoms with van der Waals surface area (Å²) in [7, 11) is 1.32. The topological polar surface area (TPSA) is 127 Å². The number of carbonyl (C=O) groups is 1. The number of aliphatic hydroxyl groups excluding tert-OH is 1. The molecule has 1 aromatic heterocycles. The van der Waals surface area contributed by atoms with Crippen LogP contribution in [0.2, 0.25) is 0 Å². The Hall–Kier alpha value is -2.12. The van der Waals surface area contributed by atoms with E-state index < -0.39 is 73.2 Å². The van der Waals surface area contributed by atoms with E-state index in [9.17, 15) is 23.9 Å². The number of hydrogen-bond acceptors (Lipinski definition) is 9. The van der Waals surface area contributed by atoms with E-state index >= 15 is 0 Å². The Morgan fingerprint density at radius 2 is 2.00 bits per heavy atom. The van der Waals surface area contributed by atoms with Crippen molar-refractivity contribution in [2.45, 2.75) is 64.4 Å². The van der Waals surface area contributed by atoms with Gasteiger partial charge in [-0.15, -0.1) is 0 Å². The molecule has 2 unspecified atom stereocenters. The molecule has 0 bridgehead atoms. The van der Waals surface area contributed by atoms with Gasteiger partial charge in [0.2, 0.25) is 0 Å². The van der Waals surface area contributed by atoms with Crippen LogP contribution in [0.25, 0.3) is 0 Å². The third-order valence-corrected chi connectivity index (χ3v) is 6.17. The fourth-order valence-electron chi connectivity index (χ4n) is 3.84. The number of ether oxygens (including phenoxy) is 5. The zero-order valence-electron chi connectivity index (χ0n) is 18.6. The van der Waals surface area contributed by atoms with Crippen molar-refractivity contribution < 1.29 is 38.0 Å². The zero-order chi connectivity index (χ0) is 23.8. The van der Waals surface area contributed by atoms with Gasteiger partial charge in [0.1, 0.15) is 18.4 Å². The third kappa shape index (κ3) is 3.90. The van der Waals surface area contributed by atoms with Crippen LogP contribution >= 0.6 is 0 Å². The number of fused-ring (bicyclic) bond motifs is 1. The molecule has 0 aliphatic carbocycles. The van der Waals surface area contributed by atoms with Crippen molar-refractivity contribution in [3.63, 3.8) is 0 Å². The highest BCUT2D eigenvalue weighted by molar-refractivity contribution is 5.72. The first-order valence-electron chi connectivity index (χ1n) is 10.2. The zero-order valence-corrected chi connectivity index (χ0v) is 18.6. The minimum atomic E-state index is -1.81. The number of rotatable bonds is 8. The van der Waals surface area contributed by atoms with E-state index in [1.165, 1.54) is 20.2 Å². The lowest BCUT2D eigenvalue weighted by Crippen LogP contribution is -2.51. The predicted octanol–water partition coefficient (Wildman–Crippen LogP) is 0.136. The first kappa shape index (κ1) is 24.5. The summed E-state index contributed by atoms with van der Waals surface area (Å²) in [4.78, 5) is 37.6. The maximum absolute atomic E-state index is 14.0. The van der Waals surface area contributed by atoms with Crippen LogP contribution in [-0.4, -0.2) is 64.4 Å². The van der Waals surface area contributed by atoms with Gasteiger partial charge in [-0.05, 0) is 12.8 Å². The SMILES string of the molecule is COC1O[C@@H]2[C@](CO)(CF)O[C@@H](n3ccc(=O)n(COC(=O)C(C)C(C)C)c3=O)[C@]2(C)O1. The Labute approximate surface area is 183 Å². The Morgan fingerprint density at radius 3 is 2.56 bits per heavy atom. The molecule has 0 radical (unpaired) electrons. The van der Waals surface area contributed by atoms with Gasteiger partial charge in [-0.3, -0.25) is 14.2 Å². The highest BCUT2D eigenvalue weighted by Gasteiger charge is 2.69. The summed E-state index contributed by atoms with van der Waals surface area (Å²) >= 11 is 0. The van der Waals surface area contributed by atoms with Gasteiger partial charge < -0.3 is 28.8 Å². The number of esters is 1. The van der Waals surface area contributed by atoms with E-state index in [0.717, 1.165) is 10.6 Å². The molecule has 2 aliphatic heterocycles. The van der Waals surface area contributed by atoms with Gasteiger partial charge in [0.15, 0.2) is 18.6 Å². The molecule has 0 spiro atoms. The highest BCUT2D eigenvalue weighted by Crippen LogP contribution is 2.52. The molecule has 180 valence electrons. The van der Waals surface area contributed by atoms with Crippen molar-refractivity contribution in [3.8, 4) is 0 Å². The van der Waals surface area contributed by atoms with E-state index in [2.05, 4.69) is 0 Å². The minimum absolute atomic E-state index is 0.0102. The van der Waals surface area contributed by atoms with Crippen molar-refractivity contribution in [2.75, 3.05) is 20.4 Å². The van der Waals surface area contributed by atoms with Gasteiger partial charge >= 0.3 is 11.7 Å². The largest absolute Gasteiger partial charge is 0.443 e. The van der Waals surface area contributed by atoms with E-state index in [1.54, 1.807) is 6.92 Å². The van der Waals surface area contributed by atoms with Crippen LogP contribution in [0.5, 0.6) is 0 Å². The van der Waals surface area contributed by atoms with Crippen molar-refractivity contribution >= 4 is 5.97 Å². The summed E-state index contributed by atoms with van der Waals surface area (Å²) in [6.07, 6.45) is -1.22. The summed E-state index contributed by atoms with van der Waals surface area (Å²) in [6, 6.07) is 1.08. The quantitative estimate of drug-likeness (QED) is 0.539. The standard InChI is InChI=1S/C20H29FN2O9/c1-11(2)12(3)14(26)29-10-23-13(25)6-7-22(17(23)27)16-19(4)15(30-18(28-5)32-19)20(8-21,9-24)31-16/h6-7,11-12,15-16,18,24H,8-10H2,1-5H3/t12?,15-,16+,18?,19+,20+/m0/s1. The van der Waals surface area contributed by atoms with Crippen LogP contribution in [0, 0.1) is 11.8 Å². The fourth-order valence-corrected chi connectivity index (χ4v) is 3.84. The Kier molecular flexibility index (Phi) is 6.91. The second-order valence-corrected chi connectivity index (χ2v) is 8.57. The van der Waals surface area contributed by atoms with Crippen molar-refractivity contribution in [2.24, 2.45) is 11.8 Å². The molecule has 2 aliphatic rings. The van der Waals surface area contributed by atoms with E-state index in [1.807, 2.05) is 13.8 Å². The van der Waals surface area contributed by atoms with Crippen molar-refractivity contribution in [3.05, 3.63) is 33.1 Å². The predicted molar refractivity (Wildman–Crippen MR) is 106 cm³/mol. The van der Waals surface area contributed by atoms with Crippen LogP contribution in [0.4, 0.5) is 4.39 Å². The lowest BCUT2D eigenvalue weighted by molar-refractivity contribution is -0.283. The number of nitrogens with zero attached hydrogens (tertiary/aromatic N) is 2. The molecule has 11 nitrogen and oxygen atoms in total. The van der Waals surface area contributed by atoms with Gasteiger partial charge in [-0.2, -0.15) is 0 Å². The monoisotopic (exact) mass is 460 g/mol. The second kappa shape index (κ2) is 9.02. The van der Waals surface area contributed by atoms with Gasteiger partial charge in [0.25, 0.3) is 12.0 Å². The molecule has 2 fully saturated rings. The van der Waals surface area contributed by atoms with Crippen LogP contribution in [0.15, 0.2) is 21.9 Å². The van der Waals surface area contributed by atoms with Gasteiger partial charge in [0, 0.05) is 19.4 Å². The van der Waals surface area contributed by atoms with Gasteiger partial charge in [0.05, 0.1) is 12.5 Å². The molecule has 3 heterocycles. The number of hydrogen-bond donors (Lipinski definition) is 1. The molecule has 0 amide bonds. The summed E-state index contributed by atoms with van der Waals surface area (Å²) < 4.78 is 43.1. The molecule has 12 heteroatoms. The number of halogens is 1. The first-order valence-corrected chi connectivity index (χ1v) is 10.2. The fraction of sp³-hybridized carbons (Fsp3) is 0.750. The van der Waals surface area contributed by atoms with E-state index in [-0.39, 0.29) is 5.92 Å². The third-order valence-electron chi connectivity index (χ3n) is 6.17. The number of carbonyl (C=O) groups excluding carboxylic acids is 1. The van der Waals surface area contributed by atoms with Gasteiger partial charge in [-0.25, -0.2) is 13.8 Å². The summed E-state index contributed by atoms with van der Waals surface area (Å²) in [5.74, 6) is -0.978. The van der Waals surface area contributed by atoms with Crippen molar-refractivity contribution in [1.82, 2.24) is 9.13 Å². The highest BCUT2D eigenvalue weighted by atomic mass is 19.1. The van der Waals surface area contributed by atoms with Crippen LogP contribution in [0.1, 0.15) is 33.9 Å². The average Bonchev–Trinajstić information content (AvgIpc) is 3.23. The van der Waals surface area contributed by atoms with Crippen LogP contribution in [-0.2, 0) is 35.2 Å². The Morgan fingerprint density at radius 1 is 1.31 bits per heavy atom. The molecule has 0 aromatic carbocycles. The van der Waals surface area contributed by atoms with Gasteiger partial charge in [-0.1, -0.05) is 20.8 Å². The molecular formula is C20H29FN2O9. The number of aromatic nitrogens is 2. The van der Waals surface area contributed by atoms with E-state index in [4.69, 9.17) is 23.7 Å². The molecule has 1 N–H and O–H groups in total. The number of alkyl halides is 1. The lowest BCUT2D eigenvalue weighted by Gasteiger charge is -2.28. The second-order valence-electron chi connectivity index (χ2n) is 8.57. The number of methoxy groups -OCH3 is 1. The first-order chi connectivity index (χ1) is 15.0. The molecule has 6 atom stereocenters. The molecule has 1 aromatic rings. The minimum Gasteiger partial charge on any atom is -0.443 e. The molecule has 2 saturated heterocycles. The van der Waals surface area contributed by atoms with Crippen LogP contribution < -0.4 is 11.2 Å². The maximum atomic E-state index is 14.0. The summed E-state index contributed by atoms with van der Waals surface area (Å²) in [5, 5.41) is 9.87. The normalized spacial score (nSPS) is 32.8. The molecule has 32 heavy (non-hydrogen) atoms. The maximum Gasteiger partial charge on any atom is 0.336 e. The Balaban J connectivity index is 1.97.